The molecule has 0 N–H and O–H groups in total. The van der Waals surface area contributed by atoms with Crippen molar-refractivity contribution >= 4 is 0 Å². The summed E-state index contributed by atoms with van der Waals surface area (Å²) in [6.07, 6.45) is -3.17. The van der Waals surface area contributed by atoms with Gasteiger partial charge in [0.05, 0.1) is 0 Å². The van der Waals surface area contributed by atoms with Crippen LogP contribution < -0.4 is 0 Å². The Kier molecular flexibility index (Phi) is 1.26. The Morgan fingerprint density at radius 3 is 2.42 bits per heavy atom. The van der Waals surface area contributed by atoms with E-state index in [1.165, 1.54) is 0 Å². The zero-order valence-corrected chi connectivity index (χ0v) is 5.93. The van der Waals surface area contributed by atoms with Gasteiger partial charge in [0.25, 0.3) is 0 Å². The minimum absolute atomic E-state index is 0.0543. The summed E-state index contributed by atoms with van der Waals surface area (Å²) < 4.78 is 41.4. The average molecular weight is 178 g/mol. The van der Waals surface area contributed by atoms with Crippen molar-refractivity contribution in [2.24, 2.45) is 0 Å². The van der Waals surface area contributed by atoms with E-state index in [4.69, 9.17) is 0 Å². The molecule has 0 spiro atoms. The van der Waals surface area contributed by atoms with Crippen molar-refractivity contribution < 1.29 is 17.7 Å². The van der Waals surface area contributed by atoms with E-state index >= 15 is 0 Å². The highest BCUT2D eigenvalue weighted by atomic mass is 19.4. The van der Waals surface area contributed by atoms with Crippen molar-refractivity contribution in [2.45, 2.75) is 24.4 Å². The molecule has 3 nitrogen and oxygen atoms in total. The maximum absolute atomic E-state index is 12.3. The van der Waals surface area contributed by atoms with Gasteiger partial charge in [-0.2, -0.15) is 18.2 Å². The van der Waals surface area contributed by atoms with Crippen LogP contribution >= 0.6 is 0 Å². The van der Waals surface area contributed by atoms with Gasteiger partial charge in [0.1, 0.15) is 5.41 Å². The summed E-state index contributed by atoms with van der Waals surface area (Å²) >= 11 is 0. The highest BCUT2D eigenvalue weighted by Crippen LogP contribution is 2.58. The lowest BCUT2D eigenvalue weighted by molar-refractivity contribution is -0.166. The minimum Gasteiger partial charge on any atom is -0.339 e. The summed E-state index contributed by atoms with van der Waals surface area (Å²) in [4.78, 5) is 3.42. The maximum Gasteiger partial charge on any atom is 0.403 e. The molecule has 6 heteroatoms. The summed E-state index contributed by atoms with van der Waals surface area (Å²) in [5.74, 6) is -0.310. The van der Waals surface area contributed by atoms with Crippen molar-refractivity contribution in [3.63, 3.8) is 0 Å². The molecule has 0 radical (unpaired) electrons. The molecule has 66 valence electrons. The smallest absolute Gasteiger partial charge is 0.339 e. The molecule has 0 aromatic carbocycles. The predicted octanol–water partition coefficient (Wildman–Crippen LogP) is 1.66. The molecule has 0 bridgehead atoms. The van der Waals surface area contributed by atoms with Gasteiger partial charge in [-0.25, -0.2) is 0 Å². The number of aromatic nitrogens is 2. The van der Waals surface area contributed by atoms with Crippen LogP contribution in [-0.2, 0) is 5.41 Å². The quantitative estimate of drug-likeness (QED) is 0.656. The largest absolute Gasteiger partial charge is 0.403 e. The summed E-state index contributed by atoms with van der Waals surface area (Å²) in [5.41, 5.74) is -1.83. The maximum atomic E-state index is 12.3. The number of hydrogen-bond donors (Lipinski definition) is 0. The second kappa shape index (κ2) is 1.99. The molecule has 0 unspecified atom stereocenters. The Labute approximate surface area is 65.6 Å². The molecule has 0 atom stereocenters. The Morgan fingerprint density at radius 1 is 1.42 bits per heavy atom. The molecule has 1 fully saturated rings. The van der Waals surface area contributed by atoms with Crippen molar-refractivity contribution in [1.82, 2.24) is 10.1 Å². The first kappa shape index (κ1) is 7.57. The highest BCUT2D eigenvalue weighted by Gasteiger charge is 2.68. The summed E-state index contributed by atoms with van der Waals surface area (Å²) in [7, 11) is 0. The van der Waals surface area contributed by atoms with E-state index in [0.717, 1.165) is 6.33 Å². The third-order valence-corrected chi connectivity index (χ3v) is 2.06. The highest BCUT2D eigenvalue weighted by molar-refractivity contribution is 5.18. The zero-order chi connectivity index (χ0) is 8.82. The monoisotopic (exact) mass is 178 g/mol. The Morgan fingerprint density at radius 2 is 2.08 bits per heavy atom. The van der Waals surface area contributed by atoms with Crippen LogP contribution in [0.4, 0.5) is 13.2 Å². The lowest BCUT2D eigenvalue weighted by Crippen LogP contribution is -2.28. The number of alkyl halides is 3. The van der Waals surface area contributed by atoms with E-state index in [0.29, 0.717) is 0 Å². The molecule has 1 heterocycles. The van der Waals surface area contributed by atoms with Crippen LogP contribution in [0.25, 0.3) is 0 Å². The molecule has 2 rings (SSSR count). The van der Waals surface area contributed by atoms with Gasteiger partial charge in [0, 0.05) is 0 Å². The molecule has 1 saturated carbocycles. The second-order valence-electron chi connectivity index (χ2n) is 2.83. The van der Waals surface area contributed by atoms with E-state index in [1.54, 1.807) is 0 Å². The third kappa shape index (κ3) is 0.835. The van der Waals surface area contributed by atoms with Gasteiger partial charge in [0.15, 0.2) is 6.33 Å². The molecule has 1 aliphatic carbocycles. The first-order chi connectivity index (χ1) is 5.56. The van der Waals surface area contributed by atoms with Gasteiger partial charge >= 0.3 is 6.18 Å². The fraction of sp³-hybridized carbons (Fsp3) is 0.667. The summed E-state index contributed by atoms with van der Waals surface area (Å²) in [6.45, 7) is 0. The van der Waals surface area contributed by atoms with E-state index < -0.39 is 11.6 Å². The Balaban J connectivity index is 2.35. The lowest BCUT2D eigenvalue weighted by atomic mass is 10.1. The van der Waals surface area contributed by atoms with E-state index in [2.05, 4.69) is 14.7 Å². The molecule has 12 heavy (non-hydrogen) atoms. The van der Waals surface area contributed by atoms with Crippen LogP contribution in [0.3, 0.4) is 0 Å². The SMILES string of the molecule is FC(F)(F)C1(c2ncno2)CC1. The van der Waals surface area contributed by atoms with Gasteiger partial charge < -0.3 is 4.52 Å². The van der Waals surface area contributed by atoms with Crippen molar-refractivity contribution in [1.29, 1.82) is 0 Å². The van der Waals surface area contributed by atoms with E-state index in [9.17, 15) is 13.2 Å². The summed E-state index contributed by atoms with van der Waals surface area (Å²) in [5, 5.41) is 3.16. The number of rotatable bonds is 1. The van der Waals surface area contributed by atoms with Crippen LogP contribution in [0.2, 0.25) is 0 Å². The Hall–Kier alpha value is -1.07. The van der Waals surface area contributed by atoms with E-state index in [1.807, 2.05) is 0 Å². The third-order valence-electron chi connectivity index (χ3n) is 2.06. The van der Waals surface area contributed by atoms with Crippen molar-refractivity contribution in [2.75, 3.05) is 0 Å². The molecule has 0 saturated heterocycles. The van der Waals surface area contributed by atoms with Crippen LogP contribution in [0.5, 0.6) is 0 Å². The van der Waals surface area contributed by atoms with Crippen molar-refractivity contribution in [3.8, 4) is 0 Å². The Bertz CT molecular complexity index is 275. The van der Waals surface area contributed by atoms with Gasteiger partial charge in [0.2, 0.25) is 5.89 Å². The minimum atomic E-state index is -4.26. The fourth-order valence-electron chi connectivity index (χ4n) is 1.13. The first-order valence-electron chi connectivity index (χ1n) is 3.40. The molecular weight excluding hydrogens is 173 g/mol. The summed E-state index contributed by atoms with van der Waals surface area (Å²) in [6, 6.07) is 0. The van der Waals surface area contributed by atoms with Crippen LogP contribution in [0.1, 0.15) is 18.7 Å². The number of halogens is 3. The molecule has 0 aliphatic heterocycles. The standard InChI is InChI=1S/C6H5F3N2O/c7-6(8,9)5(1-2-5)4-10-3-11-12-4/h3H,1-2H2. The van der Waals surface area contributed by atoms with Crippen molar-refractivity contribution in [3.05, 3.63) is 12.2 Å². The molecule has 0 amide bonds. The van der Waals surface area contributed by atoms with E-state index in [-0.39, 0.29) is 18.7 Å². The van der Waals surface area contributed by atoms with Gasteiger partial charge in [-0.3, -0.25) is 0 Å². The van der Waals surface area contributed by atoms with Gasteiger partial charge in [-0.1, -0.05) is 5.16 Å². The fourth-order valence-corrected chi connectivity index (χ4v) is 1.13. The van der Waals surface area contributed by atoms with Crippen LogP contribution in [0.15, 0.2) is 10.9 Å². The van der Waals surface area contributed by atoms with Crippen LogP contribution in [0, 0.1) is 0 Å². The molecular formula is C6H5F3N2O. The average Bonchev–Trinajstić information content (AvgIpc) is 2.61. The van der Waals surface area contributed by atoms with Crippen LogP contribution in [-0.4, -0.2) is 16.3 Å². The number of hydrogen-bond acceptors (Lipinski definition) is 3. The van der Waals surface area contributed by atoms with Gasteiger partial charge in [-0.05, 0) is 12.8 Å². The normalized spacial score (nSPS) is 20.9. The first-order valence-corrected chi connectivity index (χ1v) is 3.40. The molecule has 1 aromatic rings. The zero-order valence-electron chi connectivity index (χ0n) is 5.93. The second-order valence-corrected chi connectivity index (χ2v) is 2.83. The predicted molar refractivity (Wildman–Crippen MR) is 31.3 cm³/mol. The lowest BCUT2D eigenvalue weighted by Gasteiger charge is -2.13. The number of nitrogens with zero attached hydrogens (tertiary/aromatic N) is 2. The molecule has 1 aromatic heterocycles. The topological polar surface area (TPSA) is 38.9 Å². The molecule has 1 aliphatic rings. The van der Waals surface area contributed by atoms with Gasteiger partial charge in [-0.15, -0.1) is 0 Å².